The van der Waals surface area contributed by atoms with Gasteiger partial charge >= 0.3 is 0 Å². The van der Waals surface area contributed by atoms with E-state index in [1.807, 2.05) is 77.1 Å². The Kier molecular flexibility index (Phi) is 4.92. The van der Waals surface area contributed by atoms with Gasteiger partial charge in [-0.15, -0.1) is 0 Å². The molecule has 0 fully saturated rings. The number of hydrogen-bond acceptors (Lipinski definition) is 2. The zero-order chi connectivity index (χ0) is 19.8. The van der Waals surface area contributed by atoms with E-state index in [1.54, 1.807) is 4.90 Å². The molecule has 0 unspecified atom stereocenters. The highest BCUT2D eigenvalue weighted by Crippen LogP contribution is 2.28. The van der Waals surface area contributed by atoms with E-state index in [1.165, 1.54) is 0 Å². The number of nitrogens with one attached hydrogen (secondary N) is 1. The smallest absolute Gasteiger partial charge is 0.253 e. The quantitative estimate of drug-likeness (QED) is 0.733. The third-order valence-corrected chi connectivity index (χ3v) is 4.69. The molecular weight excluding hydrogens is 336 g/mol. The molecular formula is C23H26N2O2. The minimum atomic E-state index is -0.555. The summed E-state index contributed by atoms with van der Waals surface area (Å²) in [6.45, 7) is 9.96. The maximum atomic E-state index is 13.2. The lowest BCUT2D eigenvalue weighted by atomic mass is 9.93. The van der Waals surface area contributed by atoms with Crippen molar-refractivity contribution in [2.75, 3.05) is 4.90 Å². The van der Waals surface area contributed by atoms with Crippen molar-refractivity contribution in [1.29, 1.82) is 0 Å². The van der Waals surface area contributed by atoms with Crippen LogP contribution in [0.2, 0.25) is 0 Å². The molecule has 4 nitrogen and oxygen atoms in total. The number of rotatable bonds is 3. The van der Waals surface area contributed by atoms with Gasteiger partial charge in [-0.05, 0) is 43.0 Å². The van der Waals surface area contributed by atoms with Crippen LogP contribution < -0.4 is 10.5 Å². The van der Waals surface area contributed by atoms with Crippen molar-refractivity contribution in [1.82, 2.24) is 4.98 Å². The third kappa shape index (κ3) is 3.95. The van der Waals surface area contributed by atoms with E-state index in [4.69, 9.17) is 0 Å². The number of aromatic amines is 1. The molecule has 0 bridgehead atoms. The predicted molar refractivity (Wildman–Crippen MR) is 111 cm³/mol. The van der Waals surface area contributed by atoms with Crippen molar-refractivity contribution in [2.45, 2.75) is 41.2 Å². The van der Waals surface area contributed by atoms with Crippen LogP contribution in [-0.4, -0.2) is 10.9 Å². The Bertz CT molecular complexity index is 1060. The first-order chi connectivity index (χ1) is 12.7. The van der Waals surface area contributed by atoms with E-state index < -0.39 is 5.41 Å². The van der Waals surface area contributed by atoms with Crippen LogP contribution in [0.4, 0.5) is 5.69 Å². The highest BCUT2D eigenvalue weighted by atomic mass is 16.2. The Morgan fingerprint density at radius 1 is 1.04 bits per heavy atom. The molecule has 1 heterocycles. The zero-order valence-electron chi connectivity index (χ0n) is 16.6. The highest BCUT2D eigenvalue weighted by Gasteiger charge is 2.29. The van der Waals surface area contributed by atoms with Crippen molar-refractivity contribution in [2.24, 2.45) is 5.41 Å². The second kappa shape index (κ2) is 7.03. The van der Waals surface area contributed by atoms with Gasteiger partial charge in [0.1, 0.15) is 0 Å². The summed E-state index contributed by atoms with van der Waals surface area (Å²) in [6.07, 6.45) is 0. The van der Waals surface area contributed by atoms with Gasteiger partial charge in [-0.2, -0.15) is 0 Å². The van der Waals surface area contributed by atoms with Crippen molar-refractivity contribution < 1.29 is 4.79 Å². The number of benzene rings is 2. The second-order valence-corrected chi connectivity index (χ2v) is 8.14. The predicted octanol–water partition coefficient (Wildman–Crippen LogP) is 4.72. The van der Waals surface area contributed by atoms with Crippen LogP contribution in [0.15, 0.2) is 53.3 Å². The molecule has 3 rings (SSSR count). The van der Waals surface area contributed by atoms with Crippen molar-refractivity contribution >= 4 is 22.5 Å². The average Bonchev–Trinajstić information content (AvgIpc) is 2.59. The molecule has 2 aromatic carbocycles. The zero-order valence-corrected chi connectivity index (χ0v) is 16.6. The van der Waals surface area contributed by atoms with Gasteiger partial charge in [-0.3, -0.25) is 9.59 Å². The molecule has 1 N–H and O–H groups in total. The van der Waals surface area contributed by atoms with Crippen LogP contribution in [0, 0.1) is 19.3 Å². The summed E-state index contributed by atoms with van der Waals surface area (Å²) >= 11 is 0. The number of pyridine rings is 1. The molecule has 0 aliphatic carbocycles. The minimum absolute atomic E-state index is 0.0120. The molecule has 3 aromatic rings. The summed E-state index contributed by atoms with van der Waals surface area (Å²) in [5, 5.41) is 0.955. The van der Waals surface area contributed by atoms with Crippen LogP contribution in [0.25, 0.3) is 10.9 Å². The van der Waals surface area contributed by atoms with Gasteiger partial charge in [0.25, 0.3) is 5.56 Å². The number of anilines is 1. The highest BCUT2D eigenvalue weighted by molar-refractivity contribution is 5.97. The molecule has 140 valence electrons. The number of amides is 1. The Labute approximate surface area is 159 Å². The number of H-pyrrole nitrogens is 1. The molecule has 1 aromatic heterocycles. The molecule has 0 aliphatic rings. The lowest BCUT2D eigenvalue weighted by molar-refractivity contribution is -0.125. The van der Waals surface area contributed by atoms with E-state index in [-0.39, 0.29) is 18.0 Å². The molecule has 0 saturated heterocycles. The first-order valence-corrected chi connectivity index (χ1v) is 9.17. The average molecular weight is 362 g/mol. The number of aryl methyl sites for hydroxylation is 2. The van der Waals surface area contributed by atoms with E-state index in [9.17, 15) is 9.59 Å². The first kappa shape index (κ1) is 18.9. The van der Waals surface area contributed by atoms with Crippen molar-refractivity contribution in [3.05, 3.63) is 75.6 Å². The fraction of sp³-hybridized carbons (Fsp3) is 0.304. The van der Waals surface area contributed by atoms with Crippen molar-refractivity contribution in [3.8, 4) is 0 Å². The number of carbonyl (C=O) groups excluding carboxylic acids is 1. The summed E-state index contributed by atoms with van der Waals surface area (Å²) in [5.74, 6) is -0.0120. The van der Waals surface area contributed by atoms with Crippen LogP contribution in [0.1, 0.15) is 37.5 Å². The summed E-state index contributed by atoms with van der Waals surface area (Å²) in [6, 6.07) is 15.6. The summed E-state index contributed by atoms with van der Waals surface area (Å²) in [4.78, 5) is 30.5. The monoisotopic (exact) mass is 362 g/mol. The number of carbonyl (C=O) groups is 1. The topological polar surface area (TPSA) is 53.2 Å². The Balaban J connectivity index is 2.10. The van der Waals surface area contributed by atoms with Crippen LogP contribution in [-0.2, 0) is 11.3 Å². The summed E-state index contributed by atoms with van der Waals surface area (Å²) in [7, 11) is 0. The Hall–Kier alpha value is -2.88. The van der Waals surface area contributed by atoms with Gasteiger partial charge in [0.15, 0.2) is 0 Å². The van der Waals surface area contributed by atoms with Crippen LogP contribution in [0.3, 0.4) is 0 Å². The van der Waals surface area contributed by atoms with Crippen LogP contribution in [0.5, 0.6) is 0 Å². The van der Waals surface area contributed by atoms with Crippen LogP contribution >= 0.6 is 0 Å². The fourth-order valence-corrected chi connectivity index (χ4v) is 3.26. The number of hydrogen-bond donors (Lipinski definition) is 1. The minimum Gasteiger partial charge on any atom is -0.322 e. The van der Waals surface area contributed by atoms with E-state index in [0.717, 1.165) is 27.7 Å². The SMILES string of the molecule is Cc1ccc(N(Cc2cc3ccccc3[nH]c2=O)C(=O)C(C)(C)C)c(C)c1. The third-order valence-electron chi connectivity index (χ3n) is 4.69. The van der Waals surface area contributed by atoms with E-state index >= 15 is 0 Å². The number of nitrogens with zero attached hydrogens (tertiary/aromatic N) is 1. The Morgan fingerprint density at radius 3 is 2.41 bits per heavy atom. The normalized spacial score (nSPS) is 11.6. The Morgan fingerprint density at radius 2 is 1.74 bits per heavy atom. The van der Waals surface area contributed by atoms with E-state index in [2.05, 4.69) is 11.1 Å². The van der Waals surface area contributed by atoms with Gasteiger partial charge in [0, 0.05) is 22.2 Å². The number of fused-ring (bicyclic) bond motifs is 1. The molecule has 27 heavy (non-hydrogen) atoms. The summed E-state index contributed by atoms with van der Waals surface area (Å²) in [5.41, 5.74) is 3.66. The van der Waals surface area contributed by atoms with Gasteiger partial charge in [0.05, 0.1) is 6.54 Å². The number of para-hydroxylation sites is 1. The maximum Gasteiger partial charge on any atom is 0.253 e. The van der Waals surface area contributed by atoms with Crippen molar-refractivity contribution in [3.63, 3.8) is 0 Å². The molecule has 1 amide bonds. The molecule has 0 atom stereocenters. The molecule has 0 saturated carbocycles. The molecule has 0 aliphatic heterocycles. The molecule has 0 radical (unpaired) electrons. The van der Waals surface area contributed by atoms with Gasteiger partial charge < -0.3 is 9.88 Å². The maximum absolute atomic E-state index is 13.2. The standard InChI is InChI=1S/C23H26N2O2/c1-15-10-11-20(16(2)12-15)25(22(27)23(3,4)5)14-18-13-17-8-6-7-9-19(17)24-21(18)26/h6-13H,14H2,1-5H3,(H,24,26). The summed E-state index contributed by atoms with van der Waals surface area (Å²) < 4.78 is 0. The fourth-order valence-electron chi connectivity index (χ4n) is 3.26. The second-order valence-electron chi connectivity index (χ2n) is 8.14. The first-order valence-electron chi connectivity index (χ1n) is 9.17. The largest absolute Gasteiger partial charge is 0.322 e. The lowest BCUT2D eigenvalue weighted by Crippen LogP contribution is -2.40. The van der Waals surface area contributed by atoms with E-state index in [0.29, 0.717) is 5.56 Å². The number of aromatic nitrogens is 1. The van der Waals surface area contributed by atoms with Gasteiger partial charge in [-0.1, -0.05) is 56.7 Å². The lowest BCUT2D eigenvalue weighted by Gasteiger charge is -2.31. The molecule has 0 spiro atoms. The molecule has 4 heteroatoms. The van der Waals surface area contributed by atoms with Gasteiger partial charge in [0.2, 0.25) is 5.91 Å². The van der Waals surface area contributed by atoms with Gasteiger partial charge in [-0.25, -0.2) is 0 Å².